The highest BCUT2D eigenvalue weighted by atomic mass is 16.6. The largest absolute Gasteiger partial charge is 0.369 e. The summed E-state index contributed by atoms with van der Waals surface area (Å²) in [6, 6.07) is 8.74. The van der Waals surface area contributed by atoms with Crippen LogP contribution in [0.1, 0.15) is 36.3 Å². The molecule has 0 bridgehead atoms. The van der Waals surface area contributed by atoms with Gasteiger partial charge in [0.2, 0.25) is 0 Å². The van der Waals surface area contributed by atoms with E-state index < -0.39 is 0 Å². The fraction of sp³-hybridized carbons (Fsp3) is 0.538. The second-order valence-electron chi connectivity index (χ2n) is 4.53. The van der Waals surface area contributed by atoms with E-state index in [4.69, 9.17) is 4.74 Å². The van der Waals surface area contributed by atoms with Crippen LogP contribution >= 0.6 is 0 Å². The van der Waals surface area contributed by atoms with Gasteiger partial charge >= 0.3 is 0 Å². The Hall–Kier alpha value is -0.820. The standard InChI is InChI=1S/C13H16O/c1-9-5-2-3-6-10(9)11-7-4-8-12-13(11)14-12/h2-3,5-6,11-13H,4,7-8H2,1H3. The molecule has 0 N–H and O–H groups in total. The topological polar surface area (TPSA) is 12.5 Å². The molecular formula is C13H16O. The van der Waals surface area contributed by atoms with Crippen molar-refractivity contribution in [1.82, 2.24) is 0 Å². The van der Waals surface area contributed by atoms with Crippen molar-refractivity contribution in [1.29, 1.82) is 0 Å². The van der Waals surface area contributed by atoms with Crippen LogP contribution in [0.25, 0.3) is 0 Å². The van der Waals surface area contributed by atoms with Gasteiger partial charge in [0.05, 0.1) is 12.2 Å². The Morgan fingerprint density at radius 1 is 1.21 bits per heavy atom. The van der Waals surface area contributed by atoms with Crippen LogP contribution in [0.5, 0.6) is 0 Å². The van der Waals surface area contributed by atoms with Crippen LogP contribution < -0.4 is 0 Å². The predicted octanol–water partition coefficient (Wildman–Crippen LogP) is 3.03. The van der Waals surface area contributed by atoms with Crippen LogP contribution in [0, 0.1) is 6.92 Å². The third kappa shape index (κ3) is 1.27. The average Bonchev–Trinajstić information content (AvgIpc) is 2.97. The Labute approximate surface area is 85.1 Å². The monoisotopic (exact) mass is 188 g/mol. The molecule has 1 nitrogen and oxygen atoms in total. The molecule has 74 valence electrons. The minimum Gasteiger partial charge on any atom is -0.369 e. The van der Waals surface area contributed by atoms with Gasteiger partial charge < -0.3 is 4.74 Å². The van der Waals surface area contributed by atoms with E-state index in [2.05, 4.69) is 31.2 Å². The number of aryl methyl sites for hydroxylation is 1. The van der Waals surface area contributed by atoms with Gasteiger partial charge in [-0.25, -0.2) is 0 Å². The predicted molar refractivity (Wildman–Crippen MR) is 56.4 cm³/mol. The molecule has 1 aromatic carbocycles. The maximum Gasteiger partial charge on any atom is 0.0910 e. The van der Waals surface area contributed by atoms with Crippen molar-refractivity contribution in [3.8, 4) is 0 Å². The summed E-state index contributed by atoms with van der Waals surface area (Å²) in [5.74, 6) is 0.676. The lowest BCUT2D eigenvalue weighted by Crippen LogP contribution is -2.15. The molecule has 2 fully saturated rings. The molecule has 1 saturated heterocycles. The lowest BCUT2D eigenvalue weighted by atomic mass is 9.82. The number of fused-ring (bicyclic) bond motifs is 1. The first-order valence-corrected chi connectivity index (χ1v) is 5.57. The number of hydrogen-bond donors (Lipinski definition) is 0. The van der Waals surface area contributed by atoms with Crippen LogP contribution in [0.2, 0.25) is 0 Å². The SMILES string of the molecule is Cc1ccccc1C1CCCC2OC21. The minimum atomic E-state index is 0.546. The number of benzene rings is 1. The summed E-state index contributed by atoms with van der Waals surface area (Å²) in [5.41, 5.74) is 2.94. The first-order valence-electron chi connectivity index (χ1n) is 5.57. The Balaban J connectivity index is 1.91. The van der Waals surface area contributed by atoms with Gasteiger partial charge in [-0.3, -0.25) is 0 Å². The molecule has 1 aliphatic heterocycles. The summed E-state index contributed by atoms with van der Waals surface area (Å²) >= 11 is 0. The summed E-state index contributed by atoms with van der Waals surface area (Å²) in [5, 5.41) is 0. The van der Waals surface area contributed by atoms with Crippen molar-refractivity contribution in [2.45, 2.75) is 44.3 Å². The fourth-order valence-electron chi connectivity index (χ4n) is 2.78. The molecule has 3 rings (SSSR count). The van der Waals surface area contributed by atoms with Crippen LogP contribution in [0.4, 0.5) is 0 Å². The normalized spacial score (nSPS) is 35.1. The molecule has 0 amide bonds. The average molecular weight is 188 g/mol. The molecule has 0 radical (unpaired) electrons. The van der Waals surface area contributed by atoms with Crippen LogP contribution in [0.15, 0.2) is 24.3 Å². The van der Waals surface area contributed by atoms with E-state index in [9.17, 15) is 0 Å². The summed E-state index contributed by atoms with van der Waals surface area (Å²) in [7, 11) is 0. The van der Waals surface area contributed by atoms with E-state index in [1.165, 1.54) is 30.4 Å². The first kappa shape index (κ1) is 8.49. The molecule has 1 aromatic rings. The molecule has 1 heteroatoms. The molecule has 1 aliphatic carbocycles. The third-order valence-electron chi connectivity index (χ3n) is 3.61. The molecule has 0 spiro atoms. The number of epoxide rings is 1. The molecule has 3 unspecified atom stereocenters. The Kier molecular flexibility index (Phi) is 1.88. The van der Waals surface area contributed by atoms with Gasteiger partial charge in [0, 0.05) is 5.92 Å². The smallest absolute Gasteiger partial charge is 0.0910 e. The van der Waals surface area contributed by atoms with E-state index in [1.807, 2.05) is 0 Å². The number of rotatable bonds is 1. The van der Waals surface area contributed by atoms with Crippen molar-refractivity contribution in [3.05, 3.63) is 35.4 Å². The molecule has 14 heavy (non-hydrogen) atoms. The third-order valence-corrected chi connectivity index (χ3v) is 3.61. The first-order chi connectivity index (χ1) is 6.86. The van der Waals surface area contributed by atoms with Gasteiger partial charge in [0.1, 0.15) is 0 Å². The van der Waals surface area contributed by atoms with E-state index in [1.54, 1.807) is 0 Å². The van der Waals surface area contributed by atoms with Gasteiger partial charge in [-0.2, -0.15) is 0 Å². The van der Waals surface area contributed by atoms with Crippen LogP contribution in [-0.4, -0.2) is 12.2 Å². The lowest BCUT2D eigenvalue weighted by molar-refractivity contribution is 0.359. The fourth-order valence-corrected chi connectivity index (χ4v) is 2.78. The summed E-state index contributed by atoms with van der Waals surface area (Å²) in [6.07, 6.45) is 5.07. The zero-order chi connectivity index (χ0) is 9.54. The van der Waals surface area contributed by atoms with Crippen molar-refractivity contribution in [3.63, 3.8) is 0 Å². The molecule has 0 aromatic heterocycles. The summed E-state index contributed by atoms with van der Waals surface area (Å²) in [4.78, 5) is 0. The zero-order valence-corrected chi connectivity index (χ0v) is 8.57. The summed E-state index contributed by atoms with van der Waals surface area (Å²) < 4.78 is 5.70. The van der Waals surface area contributed by atoms with Crippen LogP contribution in [0.3, 0.4) is 0 Å². The minimum absolute atomic E-state index is 0.546. The Morgan fingerprint density at radius 3 is 2.93 bits per heavy atom. The van der Waals surface area contributed by atoms with Gasteiger partial charge in [0.25, 0.3) is 0 Å². The maximum absolute atomic E-state index is 5.70. The van der Waals surface area contributed by atoms with Gasteiger partial charge in [-0.15, -0.1) is 0 Å². The molecule has 3 atom stereocenters. The molecule has 1 heterocycles. The van der Waals surface area contributed by atoms with Gasteiger partial charge in [-0.05, 0) is 30.9 Å². The highest BCUT2D eigenvalue weighted by molar-refractivity contribution is 5.32. The van der Waals surface area contributed by atoms with E-state index in [0.29, 0.717) is 18.1 Å². The molecule has 1 saturated carbocycles. The molecule has 2 aliphatic rings. The van der Waals surface area contributed by atoms with E-state index >= 15 is 0 Å². The lowest BCUT2D eigenvalue weighted by Gasteiger charge is -2.20. The van der Waals surface area contributed by atoms with E-state index in [-0.39, 0.29) is 0 Å². The van der Waals surface area contributed by atoms with Crippen molar-refractivity contribution < 1.29 is 4.74 Å². The quantitative estimate of drug-likeness (QED) is 0.617. The highest BCUT2D eigenvalue weighted by Gasteiger charge is 2.47. The van der Waals surface area contributed by atoms with Gasteiger partial charge in [-0.1, -0.05) is 30.7 Å². The van der Waals surface area contributed by atoms with Crippen molar-refractivity contribution in [2.24, 2.45) is 0 Å². The van der Waals surface area contributed by atoms with Crippen LogP contribution in [-0.2, 0) is 4.74 Å². The number of hydrogen-bond acceptors (Lipinski definition) is 1. The molecular weight excluding hydrogens is 172 g/mol. The van der Waals surface area contributed by atoms with Gasteiger partial charge in [0.15, 0.2) is 0 Å². The Bertz CT molecular complexity index is 345. The maximum atomic E-state index is 5.70. The highest BCUT2D eigenvalue weighted by Crippen LogP contribution is 2.46. The zero-order valence-electron chi connectivity index (χ0n) is 8.57. The Morgan fingerprint density at radius 2 is 2.07 bits per heavy atom. The van der Waals surface area contributed by atoms with Crippen molar-refractivity contribution >= 4 is 0 Å². The number of ether oxygens (including phenoxy) is 1. The van der Waals surface area contributed by atoms with E-state index in [0.717, 1.165) is 0 Å². The second kappa shape index (κ2) is 3.09. The summed E-state index contributed by atoms with van der Waals surface area (Å²) in [6.45, 7) is 2.21. The van der Waals surface area contributed by atoms with Crippen molar-refractivity contribution in [2.75, 3.05) is 0 Å². The second-order valence-corrected chi connectivity index (χ2v) is 4.53.